The number of nitrogens with one attached hydrogen (secondary N) is 1. The van der Waals surface area contributed by atoms with Crippen LogP contribution in [0.25, 0.3) is 0 Å². The zero-order valence-electron chi connectivity index (χ0n) is 16.4. The highest BCUT2D eigenvalue weighted by Gasteiger charge is 2.31. The highest BCUT2D eigenvalue weighted by molar-refractivity contribution is 7.17. The molecule has 154 valence electrons. The first-order valence-electron chi connectivity index (χ1n) is 9.09. The topological polar surface area (TPSA) is 94.2 Å². The Hall–Kier alpha value is -3.07. The minimum Gasteiger partial charge on any atom is -0.496 e. The van der Waals surface area contributed by atoms with Gasteiger partial charge in [0, 0.05) is 11.4 Å². The summed E-state index contributed by atoms with van der Waals surface area (Å²) in [5.74, 6) is -0.490. The largest absolute Gasteiger partial charge is 0.496 e. The summed E-state index contributed by atoms with van der Waals surface area (Å²) in [6, 6.07) is 6.83. The van der Waals surface area contributed by atoms with Crippen molar-refractivity contribution in [2.24, 2.45) is 0 Å². The van der Waals surface area contributed by atoms with Crippen LogP contribution in [-0.4, -0.2) is 50.2 Å². The van der Waals surface area contributed by atoms with Gasteiger partial charge in [0.1, 0.15) is 10.8 Å². The van der Waals surface area contributed by atoms with Gasteiger partial charge in [0.25, 0.3) is 5.91 Å². The number of anilines is 1. The Kier molecular flexibility index (Phi) is 6.38. The van der Waals surface area contributed by atoms with Crippen LogP contribution in [0.5, 0.6) is 5.75 Å². The first kappa shape index (κ1) is 20.7. The van der Waals surface area contributed by atoms with E-state index in [-0.39, 0.29) is 0 Å². The fourth-order valence-electron chi connectivity index (χ4n) is 3.18. The summed E-state index contributed by atoms with van der Waals surface area (Å²) < 4.78 is 15.2. The number of para-hydroxylation sites is 1. The van der Waals surface area contributed by atoms with Crippen LogP contribution in [0.4, 0.5) is 9.80 Å². The number of fused-ring (bicyclic) bond motifs is 1. The van der Waals surface area contributed by atoms with E-state index < -0.39 is 18.0 Å². The van der Waals surface area contributed by atoms with E-state index in [0.29, 0.717) is 48.0 Å². The van der Waals surface area contributed by atoms with Crippen LogP contribution in [0.3, 0.4) is 0 Å². The molecule has 0 saturated carbocycles. The first-order valence-corrected chi connectivity index (χ1v) is 9.90. The number of hydrogen-bond acceptors (Lipinski definition) is 7. The fourth-order valence-corrected chi connectivity index (χ4v) is 4.43. The van der Waals surface area contributed by atoms with E-state index in [9.17, 15) is 14.4 Å². The van der Waals surface area contributed by atoms with Gasteiger partial charge in [-0.2, -0.15) is 0 Å². The second-order valence-corrected chi connectivity index (χ2v) is 7.33. The molecular weight excluding hydrogens is 396 g/mol. The number of esters is 1. The molecule has 3 rings (SSSR count). The summed E-state index contributed by atoms with van der Waals surface area (Å²) in [5, 5.41) is 3.20. The van der Waals surface area contributed by atoms with E-state index in [4.69, 9.17) is 14.2 Å². The molecule has 0 unspecified atom stereocenters. The second-order valence-electron chi connectivity index (χ2n) is 6.22. The SMILES string of the molecule is CCOC(=O)N1CCc2c(sc(NC(=O)c3ccccc3OC)c2C(=O)OC)C1. The number of carbonyl (C=O) groups is 3. The number of nitrogens with zero attached hydrogens (tertiary/aromatic N) is 1. The third kappa shape index (κ3) is 4.19. The van der Waals surface area contributed by atoms with Crippen molar-refractivity contribution < 1.29 is 28.6 Å². The number of benzene rings is 1. The molecule has 0 aliphatic carbocycles. The maximum atomic E-state index is 12.8. The van der Waals surface area contributed by atoms with E-state index in [1.165, 1.54) is 25.6 Å². The van der Waals surface area contributed by atoms with Gasteiger partial charge in [0.15, 0.2) is 0 Å². The third-order valence-corrected chi connectivity index (χ3v) is 5.68. The van der Waals surface area contributed by atoms with Gasteiger partial charge < -0.3 is 24.4 Å². The minimum absolute atomic E-state index is 0.292. The molecule has 0 fully saturated rings. The lowest BCUT2D eigenvalue weighted by molar-refractivity contribution is 0.0600. The molecule has 0 radical (unpaired) electrons. The van der Waals surface area contributed by atoms with Crippen molar-refractivity contribution in [1.82, 2.24) is 4.90 Å². The van der Waals surface area contributed by atoms with Crippen molar-refractivity contribution in [3.63, 3.8) is 0 Å². The molecule has 0 spiro atoms. The molecule has 1 aromatic heterocycles. The van der Waals surface area contributed by atoms with Crippen LogP contribution in [-0.2, 0) is 22.4 Å². The molecule has 9 heteroatoms. The van der Waals surface area contributed by atoms with Gasteiger partial charge in [-0.1, -0.05) is 12.1 Å². The van der Waals surface area contributed by atoms with Gasteiger partial charge in [-0.05, 0) is 31.0 Å². The standard InChI is InChI=1S/C20H22N2O6S/c1-4-28-20(25)22-10-9-13-15(11-22)29-18(16(13)19(24)27-3)21-17(23)12-7-5-6-8-14(12)26-2/h5-8H,4,9-11H2,1-3H3,(H,21,23). The van der Waals surface area contributed by atoms with Crippen molar-refractivity contribution in [1.29, 1.82) is 0 Å². The van der Waals surface area contributed by atoms with Gasteiger partial charge in [-0.3, -0.25) is 4.79 Å². The summed E-state index contributed by atoms with van der Waals surface area (Å²) in [5.41, 5.74) is 1.47. The summed E-state index contributed by atoms with van der Waals surface area (Å²) in [7, 11) is 2.78. The Bertz CT molecular complexity index is 939. The van der Waals surface area contributed by atoms with Crippen LogP contribution in [0.2, 0.25) is 0 Å². The zero-order valence-corrected chi connectivity index (χ0v) is 17.3. The van der Waals surface area contributed by atoms with E-state index in [2.05, 4.69) is 5.32 Å². The van der Waals surface area contributed by atoms with Crippen LogP contribution >= 0.6 is 11.3 Å². The number of amides is 2. The molecule has 2 heterocycles. The number of rotatable bonds is 5. The highest BCUT2D eigenvalue weighted by atomic mass is 32.1. The monoisotopic (exact) mass is 418 g/mol. The molecule has 8 nitrogen and oxygen atoms in total. The second kappa shape index (κ2) is 8.95. The molecule has 2 amide bonds. The van der Waals surface area contributed by atoms with E-state index >= 15 is 0 Å². The van der Waals surface area contributed by atoms with Gasteiger partial charge in [-0.15, -0.1) is 11.3 Å². The lowest BCUT2D eigenvalue weighted by Crippen LogP contribution is -2.36. The average Bonchev–Trinajstić information content (AvgIpc) is 3.10. The van der Waals surface area contributed by atoms with Gasteiger partial charge in [-0.25, -0.2) is 9.59 Å². The van der Waals surface area contributed by atoms with Crippen molar-refractivity contribution in [2.75, 3.05) is 32.7 Å². The van der Waals surface area contributed by atoms with Crippen molar-refractivity contribution in [3.8, 4) is 5.75 Å². The predicted octanol–water partition coefficient (Wildman–Crippen LogP) is 3.31. The van der Waals surface area contributed by atoms with Crippen LogP contribution < -0.4 is 10.1 Å². The number of ether oxygens (including phenoxy) is 3. The molecule has 0 saturated heterocycles. The molecule has 1 aromatic carbocycles. The maximum Gasteiger partial charge on any atom is 0.410 e. The van der Waals surface area contributed by atoms with Crippen molar-refractivity contribution in [2.45, 2.75) is 19.9 Å². The van der Waals surface area contributed by atoms with Crippen molar-refractivity contribution >= 4 is 34.3 Å². The Morgan fingerprint density at radius 1 is 1.21 bits per heavy atom. The molecule has 1 N–H and O–H groups in total. The zero-order chi connectivity index (χ0) is 21.0. The number of carbonyl (C=O) groups excluding carboxylic acids is 3. The number of methoxy groups -OCH3 is 2. The third-order valence-electron chi connectivity index (χ3n) is 4.55. The summed E-state index contributed by atoms with van der Waals surface area (Å²) >= 11 is 1.26. The highest BCUT2D eigenvalue weighted by Crippen LogP contribution is 2.38. The van der Waals surface area contributed by atoms with Crippen LogP contribution in [0.15, 0.2) is 24.3 Å². The lowest BCUT2D eigenvalue weighted by Gasteiger charge is -2.26. The first-order chi connectivity index (χ1) is 14.0. The number of hydrogen-bond donors (Lipinski definition) is 1. The van der Waals surface area contributed by atoms with E-state index in [0.717, 1.165) is 10.4 Å². The summed E-state index contributed by atoms with van der Waals surface area (Å²) in [4.78, 5) is 39.7. The predicted molar refractivity (Wildman–Crippen MR) is 108 cm³/mol. The summed E-state index contributed by atoms with van der Waals surface area (Å²) in [6.45, 7) is 2.78. The van der Waals surface area contributed by atoms with Gasteiger partial charge in [0.05, 0.1) is 38.5 Å². The Morgan fingerprint density at radius 2 is 1.97 bits per heavy atom. The Morgan fingerprint density at radius 3 is 2.66 bits per heavy atom. The smallest absolute Gasteiger partial charge is 0.410 e. The molecule has 0 atom stereocenters. The van der Waals surface area contributed by atoms with Crippen molar-refractivity contribution in [3.05, 3.63) is 45.8 Å². The van der Waals surface area contributed by atoms with E-state index in [1.54, 1.807) is 36.1 Å². The quantitative estimate of drug-likeness (QED) is 0.749. The molecule has 1 aliphatic rings. The lowest BCUT2D eigenvalue weighted by atomic mass is 10.0. The van der Waals surface area contributed by atoms with E-state index in [1.807, 2.05) is 0 Å². The maximum absolute atomic E-state index is 12.8. The molecule has 2 aromatic rings. The van der Waals surface area contributed by atoms with Crippen LogP contribution in [0.1, 0.15) is 38.1 Å². The van der Waals surface area contributed by atoms with Gasteiger partial charge >= 0.3 is 12.1 Å². The normalized spacial score (nSPS) is 12.7. The van der Waals surface area contributed by atoms with Gasteiger partial charge in [0.2, 0.25) is 0 Å². The Labute approximate surface area is 172 Å². The molecule has 29 heavy (non-hydrogen) atoms. The fraction of sp³-hybridized carbons (Fsp3) is 0.350. The Balaban J connectivity index is 1.92. The van der Waals surface area contributed by atoms with Crippen LogP contribution in [0, 0.1) is 0 Å². The average molecular weight is 418 g/mol. The summed E-state index contributed by atoms with van der Waals surface area (Å²) in [6.07, 6.45) is 0.0744. The molecule has 1 aliphatic heterocycles. The molecular formula is C20H22N2O6S. The number of thiophene rings is 1. The molecule has 0 bridgehead atoms. The minimum atomic E-state index is -0.526.